The number of amides is 2. The van der Waals surface area contributed by atoms with E-state index in [2.05, 4.69) is 41.8 Å². The van der Waals surface area contributed by atoms with Crippen LogP contribution < -0.4 is 10.6 Å². The highest BCUT2D eigenvalue weighted by molar-refractivity contribution is 5.89. The standard InChI is InChI=1S/C18H20N8O/c1-19-18(27)25-16-3-2-14-17(24-16)23-15(9-21-14)13-8-22-26(11-13)10-12-4-6-20-7-5-12/h2-4,6,8-9,13H,5,7,10-11H2,1H3,(H2,19,23,24,25,27). The summed E-state index contributed by atoms with van der Waals surface area (Å²) in [6.45, 7) is 2.41. The Labute approximate surface area is 156 Å². The van der Waals surface area contributed by atoms with Crippen molar-refractivity contribution in [1.82, 2.24) is 25.3 Å². The van der Waals surface area contributed by atoms with Crippen molar-refractivity contribution in [1.29, 1.82) is 0 Å². The number of allylic oxidation sites excluding steroid dienone is 1. The normalized spacial score (nSPS) is 18.6. The average molecular weight is 364 g/mol. The summed E-state index contributed by atoms with van der Waals surface area (Å²) in [5.74, 6) is 0.498. The number of hydrazone groups is 1. The van der Waals surface area contributed by atoms with Crippen LogP contribution in [-0.2, 0) is 0 Å². The van der Waals surface area contributed by atoms with Crippen molar-refractivity contribution in [3.63, 3.8) is 0 Å². The van der Waals surface area contributed by atoms with Crippen LogP contribution in [0.3, 0.4) is 0 Å². The van der Waals surface area contributed by atoms with E-state index in [1.165, 1.54) is 5.57 Å². The summed E-state index contributed by atoms with van der Waals surface area (Å²) in [7, 11) is 1.55. The fourth-order valence-corrected chi connectivity index (χ4v) is 3.00. The van der Waals surface area contributed by atoms with Gasteiger partial charge in [-0.15, -0.1) is 0 Å². The van der Waals surface area contributed by atoms with E-state index < -0.39 is 0 Å². The van der Waals surface area contributed by atoms with Crippen molar-refractivity contribution in [3.05, 3.63) is 35.7 Å². The maximum atomic E-state index is 11.5. The third-order valence-corrected chi connectivity index (χ3v) is 4.45. The lowest BCUT2D eigenvalue weighted by Gasteiger charge is -2.18. The van der Waals surface area contributed by atoms with Gasteiger partial charge in [-0.05, 0) is 30.2 Å². The lowest BCUT2D eigenvalue weighted by Crippen LogP contribution is -2.25. The zero-order chi connectivity index (χ0) is 18.6. The number of fused-ring (bicyclic) bond motifs is 1. The molecule has 1 atom stereocenters. The SMILES string of the molecule is CNC(=O)Nc1ccc2ncc(C3C=NN(CC4=CC=NCC4)C3)nc2n1. The van der Waals surface area contributed by atoms with E-state index in [0.29, 0.717) is 17.0 Å². The average Bonchev–Trinajstić information content (AvgIpc) is 3.16. The number of hydrogen-bond acceptors (Lipinski definition) is 7. The van der Waals surface area contributed by atoms with Gasteiger partial charge in [0.2, 0.25) is 0 Å². The maximum Gasteiger partial charge on any atom is 0.320 e. The second-order valence-corrected chi connectivity index (χ2v) is 6.39. The predicted octanol–water partition coefficient (Wildman–Crippen LogP) is 1.56. The van der Waals surface area contributed by atoms with Gasteiger partial charge in [0.1, 0.15) is 11.3 Å². The van der Waals surface area contributed by atoms with Gasteiger partial charge in [-0.3, -0.25) is 20.3 Å². The van der Waals surface area contributed by atoms with Crippen molar-refractivity contribution in [2.75, 3.05) is 32.0 Å². The lowest BCUT2D eigenvalue weighted by atomic mass is 10.1. The monoisotopic (exact) mass is 364 g/mol. The van der Waals surface area contributed by atoms with Crippen molar-refractivity contribution in [3.8, 4) is 0 Å². The molecule has 0 radical (unpaired) electrons. The van der Waals surface area contributed by atoms with Gasteiger partial charge in [0.05, 0.1) is 24.4 Å². The zero-order valence-corrected chi connectivity index (χ0v) is 15.0. The van der Waals surface area contributed by atoms with E-state index in [1.54, 1.807) is 25.4 Å². The third-order valence-electron chi connectivity index (χ3n) is 4.45. The topological polar surface area (TPSA) is 108 Å². The van der Waals surface area contributed by atoms with Gasteiger partial charge < -0.3 is 5.32 Å². The van der Waals surface area contributed by atoms with Gasteiger partial charge in [0.25, 0.3) is 0 Å². The second kappa shape index (κ2) is 7.48. The van der Waals surface area contributed by atoms with Crippen LogP contribution in [0.2, 0.25) is 0 Å². The Morgan fingerprint density at radius 1 is 1.33 bits per heavy atom. The summed E-state index contributed by atoms with van der Waals surface area (Å²) < 4.78 is 0. The third kappa shape index (κ3) is 3.91. The molecule has 2 amide bonds. The Morgan fingerprint density at radius 3 is 3.07 bits per heavy atom. The minimum absolute atomic E-state index is 0.0668. The number of urea groups is 1. The van der Waals surface area contributed by atoms with E-state index in [1.807, 2.05) is 17.4 Å². The molecule has 0 saturated heterocycles. The Morgan fingerprint density at radius 2 is 2.26 bits per heavy atom. The van der Waals surface area contributed by atoms with Gasteiger partial charge in [0, 0.05) is 32.6 Å². The first-order valence-corrected chi connectivity index (χ1v) is 8.80. The number of hydrogen-bond donors (Lipinski definition) is 2. The summed E-state index contributed by atoms with van der Waals surface area (Å²) in [6, 6.07) is 3.16. The van der Waals surface area contributed by atoms with Gasteiger partial charge in [-0.1, -0.05) is 0 Å². The van der Waals surface area contributed by atoms with E-state index in [9.17, 15) is 4.79 Å². The second-order valence-electron chi connectivity index (χ2n) is 6.39. The number of nitrogens with one attached hydrogen (secondary N) is 2. The Balaban J connectivity index is 1.48. The molecule has 9 nitrogen and oxygen atoms in total. The number of carbonyl (C=O) groups excluding carboxylic acids is 1. The summed E-state index contributed by atoms with van der Waals surface area (Å²) in [5.41, 5.74) is 3.33. The Bertz CT molecular complexity index is 952. The molecular weight excluding hydrogens is 344 g/mol. The first kappa shape index (κ1) is 17.1. The first-order valence-electron chi connectivity index (χ1n) is 8.80. The Hall–Kier alpha value is -3.36. The van der Waals surface area contributed by atoms with Gasteiger partial charge in [-0.2, -0.15) is 5.10 Å². The molecule has 27 heavy (non-hydrogen) atoms. The molecule has 0 bridgehead atoms. The van der Waals surface area contributed by atoms with Crippen LogP contribution in [0.1, 0.15) is 18.0 Å². The molecule has 0 aliphatic carbocycles. The number of pyridine rings is 1. The molecule has 2 aromatic heterocycles. The number of rotatable bonds is 4. The Kier molecular flexibility index (Phi) is 4.73. The molecule has 0 aromatic carbocycles. The van der Waals surface area contributed by atoms with Crippen molar-refractivity contribution in [2.45, 2.75) is 12.3 Å². The fourth-order valence-electron chi connectivity index (χ4n) is 3.00. The quantitative estimate of drug-likeness (QED) is 0.856. The first-order chi connectivity index (χ1) is 13.2. The minimum Gasteiger partial charge on any atom is -0.341 e. The van der Waals surface area contributed by atoms with Gasteiger partial charge >= 0.3 is 6.03 Å². The van der Waals surface area contributed by atoms with E-state index in [4.69, 9.17) is 0 Å². The minimum atomic E-state index is -0.327. The number of anilines is 1. The number of aliphatic imine (C=N–C) groups is 1. The summed E-state index contributed by atoms with van der Waals surface area (Å²) in [5, 5.41) is 11.7. The molecule has 2 aliphatic rings. The number of nitrogens with zero attached hydrogens (tertiary/aromatic N) is 6. The number of dihydropyridines is 1. The highest BCUT2D eigenvalue weighted by Gasteiger charge is 2.22. The van der Waals surface area contributed by atoms with Crippen LogP contribution in [-0.4, -0.2) is 65.1 Å². The van der Waals surface area contributed by atoms with Crippen molar-refractivity contribution in [2.24, 2.45) is 10.1 Å². The predicted molar refractivity (Wildman–Crippen MR) is 104 cm³/mol. The smallest absolute Gasteiger partial charge is 0.320 e. The van der Waals surface area contributed by atoms with Crippen LogP contribution in [0.4, 0.5) is 10.6 Å². The van der Waals surface area contributed by atoms with Crippen LogP contribution in [0.25, 0.3) is 11.2 Å². The molecular formula is C18H20N8O. The molecule has 2 aromatic rings. The van der Waals surface area contributed by atoms with E-state index >= 15 is 0 Å². The summed E-state index contributed by atoms with van der Waals surface area (Å²) in [6.07, 6.45) is 8.57. The van der Waals surface area contributed by atoms with Gasteiger partial charge in [-0.25, -0.2) is 14.8 Å². The van der Waals surface area contributed by atoms with E-state index in [0.717, 1.165) is 31.7 Å². The van der Waals surface area contributed by atoms with Gasteiger partial charge in [0.15, 0.2) is 5.65 Å². The molecule has 2 N–H and O–H groups in total. The molecule has 4 rings (SSSR count). The molecule has 4 heterocycles. The molecule has 9 heteroatoms. The summed E-state index contributed by atoms with van der Waals surface area (Å²) in [4.78, 5) is 29.1. The number of carbonyl (C=O) groups is 1. The maximum absolute atomic E-state index is 11.5. The largest absolute Gasteiger partial charge is 0.341 e. The van der Waals surface area contributed by atoms with E-state index in [-0.39, 0.29) is 11.9 Å². The lowest BCUT2D eigenvalue weighted by molar-refractivity contribution is 0.254. The van der Waals surface area contributed by atoms with Crippen LogP contribution >= 0.6 is 0 Å². The van der Waals surface area contributed by atoms with Crippen LogP contribution in [0, 0.1) is 0 Å². The molecule has 0 fully saturated rings. The molecule has 0 saturated carbocycles. The van der Waals surface area contributed by atoms with Crippen LogP contribution in [0.15, 0.2) is 40.1 Å². The summed E-state index contributed by atoms with van der Waals surface area (Å²) >= 11 is 0. The molecule has 0 spiro atoms. The highest BCUT2D eigenvalue weighted by atomic mass is 16.2. The van der Waals surface area contributed by atoms with Crippen molar-refractivity contribution >= 4 is 35.4 Å². The van der Waals surface area contributed by atoms with Crippen molar-refractivity contribution < 1.29 is 4.79 Å². The highest BCUT2D eigenvalue weighted by Crippen LogP contribution is 2.22. The number of aromatic nitrogens is 3. The van der Waals surface area contributed by atoms with Crippen LogP contribution in [0.5, 0.6) is 0 Å². The molecule has 138 valence electrons. The zero-order valence-electron chi connectivity index (χ0n) is 15.0. The fraction of sp³-hybridized carbons (Fsp3) is 0.333. The molecule has 1 unspecified atom stereocenters. The molecule has 2 aliphatic heterocycles.